The van der Waals surface area contributed by atoms with Gasteiger partial charge in [0.2, 0.25) is 5.91 Å². The van der Waals surface area contributed by atoms with Gasteiger partial charge in [-0.2, -0.15) is 11.8 Å². The molecule has 2 atom stereocenters. The van der Waals surface area contributed by atoms with Crippen LogP contribution in [-0.2, 0) is 14.4 Å². The Morgan fingerprint density at radius 2 is 1.89 bits per heavy atom. The van der Waals surface area contributed by atoms with Crippen LogP contribution in [0.5, 0.6) is 0 Å². The summed E-state index contributed by atoms with van der Waals surface area (Å²) >= 11 is 1.69. The van der Waals surface area contributed by atoms with Crippen LogP contribution in [0.2, 0.25) is 0 Å². The Bertz CT molecular complexity index is 602. The molecular formula is C21H33FN2O3S. The maximum atomic E-state index is 14.3. The summed E-state index contributed by atoms with van der Waals surface area (Å²) < 4.78 is 13.7. The summed E-state index contributed by atoms with van der Waals surface area (Å²) in [5, 5.41) is 2.73. The van der Waals surface area contributed by atoms with E-state index in [1.54, 1.807) is 16.7 Å². The number of alkyl halides is 1. The molecule has 0 aromatic carbocycles. The molecule has 2 unspecified atom stereocenters. The maximum absolute atomic E-state index is 14.3. The number of amides is 2. The molecule has 2 amide bonds. The lowest BCUT2D eigenvalue weighted by Gasteiger charge is -2.38. The number of likely N-dealkylation sites (tertiary alicyclic amines) is 1. The van der Waals surface area contributed by atoms with E-state index in [-0.39, 0.29) is 18.7 Å². The number of halogens is 1. The molecule has 1 heterocycles. The van der Waals surface area contributed by atoms with E-state index in [0.717, 1.165) is 18.5 Å². The first-order valence-corrected chi connectivity index (χ1v) is 11.6. The van der Waals surface area contributed by atoms with Gasteiger partial charge in [-0.05, 0) is 64.0 Å². The molecule has 1 saturated heterocycles. The number of hydrogen-bond donors (Lipinski definition) is 1. The van der Waals surface area contributed by atoms with Crippen molar-refractivity contribution < 1.29 is 18.8 Å². The molecular weight excluding hydrogens is 379 g/mol. The standard InChI is InChI=1S/C21H33FN2O3S/c1-20(2,28-14-15-7-4-3-5-8-15)17(23-19(27)21(22)10-11-21)18(26)24-12-6-9-16(24)13-25/h13,15-17H,3-12,14H2,1-2H3,(H,23,27). The minimum absolute atomic E-state index is 0.218. The molecule has 2 saturated carbocycles. The van der Waals surface area contributed by atoms with Crippen molar-refractivity contribution in [2.45, 2.75) is 94.1 Å². The van der Waals surface area contributed by atoms with Gasteiger partial charge in [0.25, 0.3) is 5.91 Å². The van der Waals surface area contributed by atoms with E-state index in [4.69, 9.17) is 0 Å². The number of nitrogens with zero attached hydrogens (tertiary/aromatic N) is 1. The highest BCUT2D eigenvalue weighted by atomic mass is 32.2. The molecule has 7 heteroatoms. The van der Waals surface area contributed by atoms with Crippen LogP contribution in [0.3, 0.4) is 0 Å². The quantitative estimate of drug-likeness (QED) is 0.622. The normalized spacial score (nSPS) is 26.0. The summed E-state index contributed by atoms with van der Waals surface area (Å²) in [6.07, 6.45) is 8.89. The van der Waals surface area contributed by atoms with Crippen molar-refractivity contribution in [2.75, 3.05) is 12.3 Å². The van der Waals surface area contributed by atoms with Gasteiger partial charge in [-0.25, -0.2) is 4.39 Å². The van der Waals surface area contributed by atoms with Crippen molar-refractivity contribution in [3.05, 3.63) is 0 Å². The zero-order valence-corrected chi connectivity index (χ0v) is 17.9. The lowest BCUT2D eigenvalue weighted by Crippen LogP contribution is -2.59. The van der Waals surface area contributed by atoms with Crippen LogP contribution < -0.4 is 5.32 Å². The molecule has 158 valence electrons. The van der Waals surface area contributed by atoms with Crippen molar-refractivity contribution in [1.82, 2.24) is 10.2 Å². The minimum atomic E-state index is -1.82. The number of carbonyl (C=O) groups is 3. The Kier molecular flexibility index (Phi) is 6.72. The molecule has 0 radical (unpaired) electrons. The lowest BCUT2D eigenvalue weighted by molar-refractivity contribution is -0.140. The number of carbonyl (C=O) groups excluding carboxylic acids is 3. The monoisotopic (exact) mass is 412 g/mol. The van der Waals surface area contributed by atoms with Gasteiger partial charge in [0, 0.05) is 11.3 Å². The Balaban J connectivity index is 1.72. The van der Waals surface area contributed by atoms with Crippen molar-refractivity contribution in [2.24, 2.45) is 5.92 Å². The van der Waals surface area contributed by atoms with Crippen LogP contribution in [0.4, 0.5) is 4.39 Å². The molecule has 3 rings (SSSR count). The molecule has 0 bridgehead atoms. The zero-order chi connectivity index (χ0) is 20.4. The van der Waals surface area contributed by atoms with E-state index in [1.165, 1.54) is 32.1 Å². The maximum Gasteiger partial charge on any atom is 0.258 e. The predicted octanol–water partition coefficient (Wildman–Crippen LogP) is 3.26. The van der Waals surface area contributed by atoms with E-state index >= 15 is 0 Å². The van der Waals surface area contributed by atoms with Crippen LogP contribution in [-0.4, -0.2) is 57.8 Å². The molecule has 28 heavy (non-hydrogen) atoms. The first kappa shape index (κ1) is 21.6. The van der Waals surface area contributed by atoms with E-state index in [9.17, 15) is 18.8 Å². The fourth-order valence-corrected chi connectivity index (χ4v) is 5.60. The van der Waals surface area contributed by atoms with E-state index < -0.39 is 28.4 Å². The van der Waals surface area contributed by atoms with Gasteiger partial charge in [-0.15, -0.1) is 0 Å². The molecule has 2 aliphatic carbocycles. The van der Waals surface area contributed by atoms with Crippen molar-refractivity contribution in [3.8, 4) is 0 Å². The van der Waals surface area contributed by atoms with E-state index in [1.807, 2.05) is 13.8 Å². The van der Waals surface area contributed by atoms with E-state index in [2.05, 4.69) is 5.32 Å². The molecule has 3 fully saturated rings. The average molecular weight is 413 g/mol. The topological polar surface area (TPSA) is 66.5 Å². The van der Waals surface area contributed by atoms with E-state index in [0.29, 0.717) is 18.9 Å². The van der Waals surface area contributed by atoms with Crippen LogP contribution >= 0.6 is 11.8 Å². The summed E-state index contributed by atoms with van der Waals surface area (Å²) in [6.45, 7) is 4.42. The SMILES string of the molecule is CC(C)(SCC1CCCCC1)C(NC(=O)C1(F)CC1)C(=O)N1CCCC1C=O. The van der Waals surface area contributed by atoms with Gasteiger partial charge in [0.1, 0.15) is 12.3 Å². The van der Waals surface area contributed by atoms with Crippen molar-refractivity contribution in [3.63, 3.8) is 0 Å². The summed E-state index contributed by atoms with van der Waals surface area (Å²) in [5.74, 6) is 0.632. The van der Waals surface area contributed by atoms with Gasteiger partial charge < -0.3 is 15.0 Å². The number of nitrogens with one attached hydrogen (secondary N) is 1. The molecule has 0 spiro atoms. The number of thioether (sulfide) groups is 1. The highest BCUT2D eigenvalue weighted by molar-refractivity contribution is 8.00. The third kappa shape index (κ3) is 4.89. The highest BCUT2D eigenvalue weighted by Crippen LogP contribution is 2.41. The first-order chi connectivity index (χ1) is 13.3. The third-order valence-electron chi connectivity index (χ3n) is 6.47. The van der Waals surface area contributed by atoms with Crippen LogP contribution in [0.15, 0.2) is 0 Å². The van der Waals surface area contributed by atoms with Gasteiger partial charge in [0.05, 0.1) is 6.04 Å². The summed E-state index contributed by atoms with van der Waals surface area (Å²) in [4.78, 5) is 38.7. The third-order valence-corrected chi connectivity index (χ3v) is 8.09. The number of hydrogen-bond acceptors (Lipinski definition) is 4. The molecule has 1 N–H and O–H groups in total. The second-order valence-electron chi connectivity index (χ2n) is 9.17. The van der Waals surface area contributed by atoms with Crippen LogP contribution in [0.1, 0.15) is 71.6 Å². The largest absolute Gasteiger partial charge is 0.340 e. The number of rotatable bonds is 8. The summed E-state index contributed by atoms with van der Waals surface area (Å²) in [5.41, 5.74) is -1.82. The predicted molar refractivity (Wildman–Crippen MR) is 109 cm³/mol. The Morgan fingerprint density at radius 3 is 2.50 bits per heavy atom. The summed E-state index contributed by atoms with van der Waals surface area (Å²) in [7, 11) is 0. The van der Waals surface area contributed by atoms with Gasteiger partial charge in [-0.1, -0.05) is 19.3 Å². The Morgan fingerprint density at radius 1 is 1.21 bits per heavy atom. The number of aldehydes is 1. The lowest BCUT2D eigenvalue weighted by atomic mass is 9.91. The molecule has 5 nitrogen and oxygen atoms in total. The Labute approximate surface area is 171 Å². The van der Waals surface area contributed by atoms with Crippen LogP contribution in [0.25, 0.3) is 0 Å². The minimum Gasteiger partial charge on any atom is -0.340 e. The fraction of sp³-hybridized carbons (Fsp3) is 0.857. The van der Waals surface area contributed by atoms with Gasteiger partial charge in [0.15, 0.2) is 5.67 Å². The second-order valence-corrected chi connectivity index (χ2v) is 10.8. The molecule has 3 aliphatic rings. The highest BCUT2D eigenvalue weighted by Gasteiger charge is 2.53. The second kappa shape index (κ2) is 8.72. The van der Waals surface area contributed by atoms with Crippen LogP contribution in [0, 0.1) is 5.92 Å². The molecule has 1 aliphatic heterocycles. The van der Waals surface area contributed by atoms with Crippen molar-refractivity contribution >= 4 is 29.9 Å². The smallest absolute Gasteiger partial charge is 0.258 e. The Hall–Kier alpha value is -1.11. The first-order valence-electron chi connectivity index (χ1n) is 10.7. The van der Waals surface area contributed by atoms with Crippen molar-refractivity contribution in [1.29, 1.82) is 0 Å². The van der Waals surface area contributed by atoms with Gasteiger partial charge >= 0.3 is 0 Å². The molecule has 0 aromatic rings. The summed E-state index contributed by atoms with van der Waals surface area (Å²) in [6, 6.07) is -1.27. The molecule has 0 aromatic heterocycles. The fourth-order valence-electron chi connectivity index (χ4n) is 4.27. The zero-order valence-electron chi connectivity index (χ0n) is 17.0. The van der Waals surface area contributed by atoms with Gasteiger partial charge in [-0.3, -0.25) is 9.59 Å². The average Bonchev–Trinajstić information content (AvgIpc) is 3.26.